The second kappa shape index (κ2) is 4.06. The van der Waals surface area contributed by atoms with E-state index in [1.807, 2.05) is 6.92 Å². The van der Waals surface area contributed by atoms with Crippen molar-refractivity contribution in [2.45, 2.75) is 46.5 Å². The molecule has 0 unspecified atom stereocenters. The fraction of sp³-hybridized carbons (Fsp3) is 0.625. The highest BCUT2D eigenvalue weighted by molar-refractivity contribution is 5.97. The molecule has 0 aromatic heterocycles. The first kappa shape index (κ1) is 12.6. The highest BCUT2D eigenvalue weighted by Gasteiger charge is 2.43. The lowest BCUT2D eigenvalue weighted by molar-refractivity contribution is -0.136. The molecule has 3 heteroatoms. The minimum absolute atomic E-state index is 0.0133. The summed E-state index contributed by atoms with van der Waals surface area (Å²) in [5.74, 6) is 0.331. The Morgan fingerprint density at radius 3 is 2.63 bits per heavy atom. The van der Waals surface area contributed by atoms with Crippen LogP contribution in [0.5, 0.6) is 0 Å². The predicted octanol–water partition coefficient (Wildman–Crippen LogP) is 2.96. The third kappa shape index (κ3) is 1.78. The first-order valence-corrected chi connectivity index (χ1v) is 7.02. The van der Waals surface area contributed by atoms with Gasteiger partial charge in [-0.15, -0.1) is 0 Å². The minimum Gasteiger partial charge on any atom is -0.458 e. The molecule has 1 atom stereocenters. The molecule has 2 bridgehead atoms. The Kier molecular flexibility index (Phi) is 2.70. The number of allylic oxidation sites excluding steroid dienone is 2. The molecule has 1 heterocycles. The first-order valence-electron chi connectivity index (χ1n) is 7.02. The van der Waals surface area contributed by atoms with E-state index < -0.39 is 0 Å². The summed E-state index contributed by atoms with van der Waals surface area (Å²) < 4.78 is 5.17. The van der Waals surface area contributed by atoms with Crippen molar-refractivity contribution in [3.63, 3.8) is 0 Å². The van der Waals surface area contributed by atoms with Crippen LogP contribution in [-0.4, -0.2) is 18.4 Å². The lowest BCUT2D eigenvalue weighted by atomic mass is 9.61. The SMILES string of the molecule is CC1=C2CCC3=C(C[C@H](CC1=O)C2(C)C)C(=O)OC3. The zero-order valence-corrected chi connectivity index (χ0v) is 11.8. The maximum Gasteiger partial charge on any atom is 0.334 e. The van der Waals surface area contributed by atoms with Crippen molar-refractivity contribution in [2.75, 3.05) is 6.61 Å². The number of hydrogen-bond donors (Lipinski definition) is 0. The number of fused-ring (bicyclic) bond motifs is 2. The van der Waals surface area contributed by atoms with Gasteiger partial charge >= 0.3 is 5.97 Å². The van der Waals surface area contributed by atoms with Crippen LogP contribution in [0.15, 0.2) is 22.3 Å². The largest absolute Gasteiger partial charge is 0.458 e. The summed E-state index contributed by atoms with van der Waals surface area (Å²) in [6.45, 7) is 6.86. The topological polar surface area (TPSA) is 43.4 Å². The van der Waals surface area contributed by atoms with Gasteiger partial charge in [0.05, 0.1) is 0 Å². The predicted molar refractivity (Wildman–Crippen MR) is 71.4 cm³/mol. The number of hydrogen-bond acceptors (Lipinski definition) is 3. The molecular formula is C16H20O3. The molecule has 0 amide bonds. The van der Waals surface area contributed by atoms with E-state index in [-0.39, 0.29) is 23.1 Å². The van der Waals surface area contributed by atoms with E-state index in [0.29, 0.717) is 19.4 Å². The number of Topliss-reactive ketones (excluding diaryl/α,β-unsaturated/α-hetero) is 1. The lowest BCUT2D eigenvalue weighted by Gasteiger charge is -2.42. The molecule has 2 aliphatic carbocycles. The third-order valence-electron chi connectivity index (χ3n) is 5.28. The first-order chi connectivity index (χ1) is 8.91. The number of carbonyl (C=O) groups excluding carboxylic acids is 2. The van der Waals surface area contributed by atoms with Crippen molar-refractivity contribution >= 4 is 11.8 Å². The molecule has 3 nitrogen and oxygen atoms in total. The van der Waals surface area contributed by atoms with Crippen LogP contribution >= 0.6 is 0 Å². The van der Waals surface area contributed by atoms with E-state index in [9.17, 15) is 9.59 Å². The van der Waals surface area contributed by atoms with E-state index in [1.54, 1.807) is 0 Å². The van der Waals surface area contributed by atoms with Crippen LogP contribution in [0.25, 0.3) is 0 Å². The second-order valence-electron chi connectivity index (χ2n) is 6.51. The summed E-state index contributed by atoms with van der Waals surface area (Å²) in [5.41, 5.74) is 4.27. The summed E-state index contributed by atoms with van der Waals surface area (Å²) >= 11 is 0. The molecule has 1 aliphatic heterocycles. The summed E-state index contributed by atoms with van der Waals surface area (Å²) in [6.07, 6.45) is 3.00. The number of esters is 1. The number of ether oxygens (including phenoxy) is 1. The van der Waals surface area contributed by atoms with Crippen LogP contribution in [0, 0.1) is 11.3 Å². The van der Waals surface area contributed by atoms with Gasteiger partial charge in [0.2, 0.25) is 0 Å². The average Bonchev–Trinajstić information content (AvgIpc) is 2.67. The highest BCUT2D eigenvalue weighted by Crippen LogP contribution is 2.50. The summed E-state index contributed by atoms with van der Waals surface area (Å²) in [4.78, 5) is 24.0. The standard InChI is InChI=1S/C16H20O3/c1-9-13-5-4-10-8-19-15(18)12(10)6-11(7-14(9)17)16(13,2)3/h11H,4-8H2,1-3H3/t11-/m1/s1. The quantitative estimate of drug-likeness (QED) is 0.629. The zero-order valence-electron chi connectivity index (χ0n) is 11.8. The van der Waals surface area contributed by atoms with Gasteiger partial charge in [0.15, 0.2) is 5.78 Å². The molecule has 19 heavy (non-hydrogen) atoms. The van der Waals surface area contributed by atoms with E-state index >= 15 is 0 Å². The maximum atomic E-state index is 12.1. The van der Waals surface area contributed by atoms with Crippen molar-refractivity contribution < 1.29 is 14.3 Å². The van der Waals surface area contributed by atoms with E-state index in [0.717, 1.165) is 29.6 Å². The second-order valence-corrected chi connectivity index (χ2v) is 6.51. The van der Waals surface area contributed by atoms with Gasteiger partial charge in [0.1, 0.15) is 6.61 Å². The lowest BCUT2D eigenvalue weighted by Crippen LogP contribution is -2.36. The molecule has 0 fully saturated rings. The molecule has 0 aromatic rings. The van der Waals surface area contributed by atoms with Crippen molar-refractivity contribution in [1.82, 2.24) is 0 Å². The summed E-state index contributed by atoms with van der Waals surface area (Å²) in [5, 5.41) is 0. The van der Waals surface area contributed by atoms with Crippen molar-refractivity contribution in [1.29, 1.82) is 0 Å². The number of rotatable bonds is 0. The molecular weight excluding hydrogens is 240 g/mol. The van der Waals surface area contributed by atoms with Crippen LogP contribution in [0.1, 0.15) is 46.5 Å². The van der Waals surface area contributed by atoms with Crippen LogP contribution in [0.3, 0.4) is 0 Å². The van der Waals surface area contributed by atoms with Gasteiger partial charge in [-0.25, -0.2) is 4.79 Å². The van der Waals surface area contributed by atoms with E-state index in [2.05, 4.69) is 13.8 Å². The summed E-state index contributed by atoms with van der Waals surface area (Å²) in [6, 6.07) is 0. The zero-order chi connectivity index (χ0) is 13.8. The Hall–Kier alpha value is -1.38. The molecule has 0 saturated heterocycles. The summed E-state index contributed by atoms with van der Waals surface area (Å²) in [7, 11) is 0. The monoisotopic (exact) mass is 260 g/mol. The fourth-order valence-electron chi connectivity index (χ4n) is 3.81. The molecule has 0 radical (unpaired) electrons. The van der Waals surface area contributed by atoms with Crippen LogP contribution in [0.2, 0.25) is 0 Å². The molecule has 3 aliphatic rings. The van der Waals surface area contributed by atoms with Gasteiger partial charge in [0.25, 0.3) is 0 Å². The molecule has 0 saturated carbocycles. The molecule has 0 spiro atoms. The van der Waals surface area contributed by atoms with Gasteiger partial charge in [-0.3, -0.25) is 4.79 Å². The number of cyclic esters (lactones) is 1. The molecule has 0 aromatic carbocycles. The third-order valence-corrected chi connectivity index (χ3v) is 5.28. The fourth-order valence-corrected chi connectivity index (χ4v) is 3.81. The van der Waals surface area contributed by atoms with Crippen LogP contribution < -0.4 is 0 Å². The van der Waals surface area contributed by atoms with Gasteiger partial charge in [-0.1, -0.05) is 19.4 Å². The van der Waals surface area contributed by atoms with Crippen LogP contribution in [0.4, 0.5) is 0 Å². The highest BCUT2D eigenvalue weighted by atomic mass is 16.5. The van der Waals surface area contributed by atoms with E-state index in [1.165, 1.54) is 5.57 Å². The molecule has 3 rings (SSSR count). The Morgan fingerprint density at radius 1 is 1.16 bits per heavy atom. The number of ketones is 1. The minimum atomic E-state index is -0.159. The van der Waals surface area contributed by atoms with Gasteiger partial charge in [-0.05, 0) is 48.7 Å². The average molecular weight is 260 g/mol. The van der Waals surface area contributed by atoms with Crippen molar-refractivity contribution in [3.05, 3.63) is 22.3 Å². The van der Waals surface area contributed by atoms with Crippen molar-refractivity contribution in [3.8, 4) is 0 Å². The van der Waals surface area contributed by atoms with Gasteiger partial charge in [-0.2, -0.15) is 0 Å². The Labute approximate surface area is 113 Å². The van der Waals surface area contributed by atoms with Gasteiger partial charge < -0.3 is 4.74 Å². The van der Waals surface area contributed by atoms with Crippen molar-refractivity contribution in [2.24, 2.45) is 11.3 Å². The van der Waals surface area contributed by atoms with Gasteiger partial charge in [0, 0.05) is 12.0 Å². The van der Waals surface area contributed by atoms with Crippen LogP contribution in [-0.2, 0) is 14.3 Å². The Morgan fingerprint density at radius 2 is 1.89 bits per heavy atom. The molecule has 0 N–H and O–H groups in total. The maximum absolute atomic E-state index is 12.1. The Bertz CT molecular complexity index is 534. The molecule has 102 valence electrons. The van der Waals surface area contributed by atoms with E-state index in [4.69, 9.17) is 4.74 Å². The number of carbonyl (C=O) groups is 2. The Balaban J connectivity index is 2.08. The smallest absolute Gasteiger partial charge is 0.334 e. The normalized spacial score (nSPS) is 29.9.